The summed E-state index contributed by atoms with van der Waals surface area (Å²) >= 11 is 6.06. The van der Waals surface area contributed by atoms with Gasteiger partial charge in [0.05, 0.1) is 32.1 Å². The highest BCUT2D eigenvalue weighted by Crippen LogP contribution is 2.29. The quantitative estimate of drug-likeness (QED) is 0.763. The number of hydrogen-bond acceptors (Lipinski definition) is 8. The molecule has 0 spiro atoms. The second kappa shape index (κ2) is 7.75. The third-order valence-electron chi connectivity index (χ3n) is 4.71. The van der Waals surface area contributed by atoms with Gasteiger partial charge in [-0.3, -0.25) is 0 Å². The smallest absolute Gasteiger partial charge is 0.133 e. The van der Waals surface area contributed by atoms with Crippen molar-refractivity contribution in [2.75, 3.05) is 67.3 Å². The molecular weight excluding hydrogens is 368 g/mol. The fraction of sp³-hybridized carbons (Fsp3) is 0.444. The minimum atomic E-state index is -0.205. The van der Waals surface area contributed by atoms with Crippen LogP contribution < -0.4 is 21.3 Å². The molecule has 2 fully saturated rings. The highest BCUT2D eigenvalue weighted by atomic mass is 35.5. The van der Waals surface area contributed by atoms with E-state index in [1.54, 1.807) is 6.07 Å². The lowest BCUT2D eigenvalue weighted by molar-refractivity contribution is 0.0368. The van der Waals surface area contributed by atoms with Crippen molar-refractivity contribution in [3.05, 3.63) is 35.1 Å². The van der Waals surface area contributed by atoms with Crippen molar-refractivity contribution >= 4 is 34.6 Å². The highest BCUT2D eigenvalue weighted by Gasteiger charge is 2.26. The van der Waals surface area contributed by atoms with Crippen LogP contribution in [0.1, 0.15) is 11.8 Å². The van der Waals surface area contributed by atoms with Crippen LogP contribution in [0.25, 0.3) is 0 Å². The molecule has 0 aliphatic carbocycles. The van der Waals surface area contributed by atoms with Crippen LogP contribution >= 0.6 is 11.6 Å². The van der Waals surface area contributed by atoms with E-state index in [0.717, 1.165) is 30.4 Å². The zero-order valence-corrected chi connectivity index (χ0v) is 15.7. The van der Waals surface area contributed by atoms with E-state index >= 15 is 0 Å². The molecule has 2 saturated heterocycles. The Morgan fingerprint density at radius 2 is 1.56 bits per heavy atom. The zero-order valence-electron chi connectivity index (χ0n) is 15.0. The van der Waals surface area contributed by atoms with Gasteiger partial charge < -0.3 is 30.7 Å². The SMILES string of the molecule is Nc1cc(Cl)nc(N2CCOC(c3cc(N)cc(N4CCOCC4)n3)C2)c1. The third kappa shape index (κ3) is 4.18. The molecule has 0 aromatic carbocycles. The van der Waals surface area contributed by atoms with Crippen molar-refractivity contribution in [1.82, 2.24) is 9.97 Å². The summed E-state index contributed by atoms with van der Waals surface area (Å²) in [6.07, 6.45) is -0.205. The lowest BCUT2D eigenvalue weighted by Crippen LogP contribution is -2.40. The van der Waals surface area contributed by atoms with Crippen LogP contribution in [0.15, 0.2) is 24.3 Å². The van der Waals surface area contributed by atoms with Crippen molar-refractivity contribution < 1.29 is 9.47 Å². The number of halogens is 1. The number of ether oxygens (including phenoxy) is 2. The van der Waals surface area contributed by atoms with Crippen molar-refractivity contribution in [2.24, 2.45) is 0 Å². The van der Waals surface area contributed by atoms with Gasteiger partial charge in [-0.1, -0.05) is 11.6 Å². The van der Waals surface area contributed by atoms with E-state index in [1.807, 2.05) is 18.2 Å². The molecule has 0 bridgehead atoms. The Kier molecular flexibility index (Phi) is 5.20. The van der Waals surface area contributed by atoms with Crippen molar-refractivity contribution in [3.8, 4) is 0 Å². The molecule has 0 saturated carbocycles. The molecule has 27 heavy (non-hydrogen) atoms. The standard InChI is InChI=1S/C18H23ClN6O2/c19-16-8-13(21)10-18(23-16)25-3-6-27-15(11-25)14-7-12(20)9-17(22-14)24-1-4-26-5-2-24/h7-10,15H,1-6,11H2,(H2,20,22)(H2,21,23). The summed E-state index contributed by atoms with van der Waals surface area (Å²) in [5.74, 6) is 1.60. The van der Waals surface area contributed by atoms with Gasteiger partial charge in [0.1, 0.15) is 22.9 Å². The Balaban J connectivity index is 1.56. The predicted octanol–water partition coefficient (Wildman–Crippen LogP) is 1.71. The van der Waals surface area contributed by atoms with Crippen LogP contribution in [0.5, 0.6) is 0 Å². The molecule has 4 N–H and O–H groups in total. The highest BCUT2D eigenvalue weighted by molar-refractivity contribution is 6.29. The summed E-state index contributed by atoms with van der Waals surface area (Å²) < 4.78 is 11.4. The number of nitrogens with zero attached hydrogens (tertiary/aromatic N) is 4. The molecule has 0 amide bonds. The first kappa shape index (κ1) is 18.1. The molecule has 8 nitrogen and oxygen atoms in total. The van der Waals surface area contributed by atoms with E-state index in [2.05, 4.69) is 14.8 Å². The lowest BCUT2D eigenvalue weighted by atomic mass is 10.1. The topological polar surface area (TPSA) is 103 Å². The van der Waals surface area contributed by atoms with Gasteiger partial charge in [-0.15, -0.1) is 0 Å². The Hall–Kier alpha value is -2.29. The molecule has 1 unspecified atom stereocenters. The first-order valence-corrected chi connectivity index (χ1v) is 9.36. The molecule has 144 valence electrons. The third-order valence-corrected chi connectivity index (χ3v) is 4.91. The van der Waals surface area contributed by atoms with Crippen molar-refractivity contribution in [3.63, 3.8) is 0 Å². The maximum atomic E-state index is 6.14. The second-order valence-electron chi connectivity index (χ2n) is 6.67. The number of aromatic nitrogens is 2. The van der Waals surface area contributed by atoms with E-state index < -0.39 is 0 Å². The molecular formula is C18H23ClN6O2. The fourth-order valence-electron chi connectivity index (χ4n) is 3.38. The molecule has 2 aromatic heterocycles. The van der Waals surface area contributed by atoms with Crippen LogP contribution in [0.2, 0.25) is 5.15 Å². The zero-order chi connectivity index (χ0) is 18.8. The van der Waals surface area contributed by atoms with Crippen LogP contribution in [-0.2, 0) is 9.47 Å². The molecule has 9 heteroatoms. The van der Waals surface area contributed by atoms with Crippen LogP contribution in [0.4, 0.5) is 23.0 Å². The first-order valence-electron chi connectivity index (χ1n) is 8.98. The molecule has 1 atom stereocenters. The summed E-state index contributed by atoms with van der Waals surface area (Å²) in [5, 5.41) is 0.379. The van der Waals surface area contributed by atoms with E-state index in [-0.39, 0.29) is 6.10 Å². The lowest BCUT2D eigenvalue weighted by Gasteiger charge is -2.34. The van der Waals surface area contributed by atoms with E-state index in [4.69, 9.17) is 37.5 Å². The maximum absolute atomic E-state index is 6.14. The van der Waals surface area contributed by atoms with Crippen molar-refractivity contribution in [2.45, 2.75) is 6.10 Å². The summed E-state index contributed by atoms with van der Waals surface area (Å²) in [5.41, 5.74) is 14.1. The molecule has 4 rings (SSSR count). The van der Waals surface area contributed by atoms with Crippen LogP contribution in [0, 0.1) is 0 Å². The molecule has 0 radical (unpaired) electrons. The van der Waals surface area contributed by atoms with Crippen LogP contribution in [-0.4, -0.2) is 56.0 Å². The van der Waals surface area contributed by atoms with Gasteiger partial charge in [0.25, 0.3) is 0 Å². The monoisotopic (exact) mass is 390 g/mol. The summed E-state index contributed by atoms with van der Waals surface area (Å²) in [6, 6.07) is 7.23. The summed E-state index contributed by atoms with van der Waals surface area (Å²) in [4.78, 5) is 13.5. The minimum absolute atomic E-state index is 0.205. The minimum Gasteiger partial charge on any atom is -0.399 e. The van der Waals surface area contributed by atoms with E-state index in [9.17, 15) is 0 Å². The Morgan fingerprint density at radius 1 is 0.889 bits per heavy atom. The first-order chi connectivity index (χ1) is 13.1. The molecule has 2 aromatic rings. The average molecular weight is 391 g/mol. The molecule has 2 aliphatic heterocycles. The van der Waals surface area contributed by atoms with Crippen LogP contribution in [0.3, 0.4) is 0 Å². The maximum Gasteiger partial charge on any atom is 0.133 e. The van der Waals surface area contributed by atoms with Gasteiger partial charge in [-0.25, -0.2) is 9.97 Å². The Labute approximate surface area is 163 Å². The molecule has 2 aliphatic rings. The average Bonchev–Trinajstić information content (AvgIpc) is 2.67. The van der Waals surface area contributed by atoms with Gasteiger partial charge >= 0.3 is 0 Å². The largest absolute Gasteiger partial charge is 0.399 e. The summed E-state index contributed by atoms with van der Waals surface area (Å²) in [7, 11) is 0. The second-order valence-corrected chi connectivity index (χ2v) is 7.06. The summed E-state index contributed by atoms with van der Waals surface area (Å²) in [6.45, 7) is 4.87. The van der Waals surface area contributed by atoms with Crippen molar-refractivity contribution in [1.29, 1.82) is 0 Å². The normalized spacial score (nSPS) is 20.7. The van der Waals surface area contributed by atoms with E-state index in [0.29, 0.717) is 49.4 Å². The van der Waals surface area contributed by atoms with Gasteiger partial charge in [-0.05, 0) is 12.1 Å². The Bertz CT molecular complexity index is 794. The van der Waals surface area contributed by atoms with Gasteiger partial charge in [0, 0.05) is 43.1 Å². The van der Waals surface area contributed by atoms with Gasteiger partial charge in [0.15, 0.2) is 0 Å². The fourth-order valence-corrected chi connectivity index (χ4v) is 3.59. The Morgan fingerprint density at radius 3 is 2.30 bits per heavy atom. The van der Waals surface area contributed by atoms with E-state index in [1.165, 1.54) is 0 Å². The number of nitrogen functional groups attached to an aromatic ring is 2. The number of pyridine rings is 2. The number of rotatable bonds is 3. The number of hydrogen-bond donors (Lipinski definition) is 2. The number of nitrogens with two attached hydrogens (primary N) is 2. The number of morpholine rings is 2. The van der Waals surface area contributed by atoms with Gasteiger partial charge in [-0.2, -0.15) is 0 Å². The number of anilines is 4. The molecule has 4 heterocycles. The van der Waals surface area contributed by atoms with Gasteiger partial charge in [0.2, 0.25) is 0 Å². The predicted molar refractivity (Wildman–Crippen MR) is 106 cm³/mol.